The molecule has 1 aromatic carbocycles. The van der Waals surface area contributed by atoms with Crippen LogP contribution in [0.4, 0.5) is 0 Å². The van der Waals surface area contributed by atoms with Crippen LogP contribution in [0.15, 0.2) is 16.8 Å². The Morgan fingerprint density at radius 3 is 3.20 bits per heavy atom. The number of aromatic nitrogens is 2. The molecule has 49 valence electrons. The summed E-state index contributed by atoms with van der Waals surface area (Å²) in [6.07, 6.45) is 0. The fourth-order valence-electron chi connectivity index (χ4n) is 0.713. The molecule has 0 amide bonds. The lowest BCUT2D eigenvalue weighted by Crippen LogP contribution is -1.69. The van der Waals surface area contributed by atoms with Gasteiger partial charge in [-0.3, -0.25) is 0 Å². The Hall–Kier alpha value is -1.09. The maximum atomic E-state index is 5.72. The van der Waals surface area contributed by atoms with Gasteiger partial charge in [0.15, 0.2) is 5.52 Å². The van der Waals surface area contributed by atoms with Crippen molar-refractivity contribution in [2.45, 2.75) is 0 Å². The normalized spacial score (nSPS) is 10.5. The van der Waals surface area contributed by atoms with Gasteiger partial charge in [-0.15, -0.1) is 0 Å². The van der Waals surface area contributed by atoms with E-state index < -0.39 is 0 Å². The second kappa shape index (κ2) is 1.95. The molecule has 0 N–H and O–H groups in total. The predicted octanol–water partition coefficient (Wildman–Crippen LogP) is 1.68. The highest BCUT2D eigenvalue weighted by Gasteiger charge is 2.02. The third kappa shape index (κ3) is 0.675. The summed E-state index contributed by atoms with van der Waals surface area (Å²) >= 11 is 5.72. The maximum Gasteiger partial charge on any atom is 0.154 e. The van der Waals surface area contributed by atoms with Gasteiger partial charge in [-0.1, -0.05) is 17.7 Å². The highest BCUT2D eigenvalue weighted by atomic mass is 35.5. The van der Waals surface area contributed by atoms with E-state index in [9.17, 15) is 0 Å². The zero-order valence-electron chi connectivity index (χ0n) is 4.84. The Bertz CT molecular complexity index is 357. The van der Waals surface area contributed by atoms with E-state index in [4.69, 9.17) is 11.6 Å². The molecule has 4 heteroatoms. The molecule has 0 aliphatic heterocycles. The first-order valence-electron chi connectivity index (χ1n) is 2.66. The first kappa shape index (κ1) is 5.68. The highest BCUT2D eigenvalue weighted by molar-refractivity contribution is 6.34. The molecule has 0 aliphatic carbocycles. The van der Waals surface area contributed by atoms with Crippen molar-refractivity contribution < 1.29 is 4.63 Å². The van der Waals surface area contributed by atoms with Gasteiger partial charge in [0, 0.05) is 6.07 Å². The van der Waals surface area contributed by atoms with Crippen molar-refractivity contribution in [3.05, 3.63) is 23.2 Å². The van der Waals surface area contributed by atoms with Gasteiger partial charge < -0.3 is 0 Å². The number of benzene rings is 1. The van der Waals surface area contributed by atoms with Gasteiger partial charge in [0.05, 0.1) is 5.02 Å². The molecule has 0 atom stereocenters. The van der Waals surface area contributed by atoms with Crippen LogP contribution in [-0.2, 0) is 0 Å². The zero-order chi connectivity index (χ0) is 6.97. The van der Waals surface area contributed by atoms with Gasteiger partial charge in [-0.25, -0.2) is 4.63 Å². The summed E-state index contributed by atoms with van der Waals surface area (Å²) in [6.45, 7) is 0. The lowest BCUT2D eigenvalue weighted by Gasteiger charge is -1.83. The molecule has 0 unspecified atom stereocenters. The number of rotatable bonds is 0. The number of hydrogen-bond donors (Lipinski definition) is 0. The number of hydrogen-bond acceptors (Lipinski definition) is 3. The van der Waals surface area contributed by atoms with E-state index in [0.717, 1.165) is 0 Å². The Balaban J connectivity index is 2.95. The summed E-state index contributed by atoms with van der Waals surface area (Å²) in [5.41, 5.74) is 1.12. The second-order valence-corrected chi connectivity index (χ2v) is 2.19. The summed E-state index contributed by atoms with van der Waals surface area (Å²) in [5, 5.41) is 7.66. The van der Waals surface area contributed by atoms with Crippen LogP contribution in [0.2, 0.25) is 5.02 Å². The molecule has 0 aliphatic rings. The van der Waals surface area contributed by atoms with Gasteiger partial charge in [-0.05, 0) is 16.4 Å². The molecule has 1 radical (unpaired) electrons. The number of nitrogens with zero attached hydrogens (tertiary/aromatic N) is 2. The Labute approximate surface area is 61.6 Å². The third-order valence-electron chi connectivity index (χ3n) is 1.16. The molecule has 2 rings (SSSR count). The first-order chi connectivity index (χ1) is 4.88. The quantitative estimate of drug-likeness (QED) is 0.578. The monoisotopic (exact) mass is 153 g/mol. The van der Waals surface area contributed by atoms with E-state index in [2.05, 4.69) is 21.0 Å². The Kier molecular flexibility index (Phi) is 1.11. The summed E-state index contributed by atoms with van der Waals surface area (Å²) in [7, 11) is 0. The molecule has 2 aromatic rings. The summed E-state index contributed by atoms with van der Waals surface area (Å²) in [4.78, 5) is 0. The summed E-state index contributed by atoms with van der Waals surface area (Å²) < 4.78 is 4.43. The molecule has 10 heavy (non-hydrogen) atoms. The summed E-state index contributed by atoms with van der Waals surface area (Å²) in [6, 6.07) is 6.18. The van der Waals surface area contributed by atoms with Gasteiger partial charge in [-0.2, -0.15) is 0 Å². The van der Waals surface area contributed by atoms with Crippen molar-refractivity contribution in [1.29, 1.82) is 0 Å². The summed E-state index contributed by atoms with van der Waals surface area (Å²) in [5.74, 6) is 0. The van der Waals surface area contributed by atoms with Crippen molar-refractivity contribution in [2.75, 3.05) is 0 Å². The van der Waals surface area contributed by atoms with E-state index in [0.29, 0.717) is 16.1 Å². The molecular formula is C6H2ClN2O. The van der Waals surface area contributed by atoms with E-state index in [-0.39, 0.29) is 0 Å². The Morgan fingerprint density at radius 1 is 1.50 bits per heavy atom. The smallest absolute Gasteiger partial charge is 0.154 e. The van der Waals surface area contributed by atoms with E-state index in [1.165, 1.54) is 0 Å². The number of halogens is 1. The standard InChI is InChI=1S/C6H2ClN2O/c7-4-2-1-3-5-6(4)9-10-8-5/h1-2H. The van der Waals surface area contributed by atoms with Crippen LogP contribution in [0.3, 0.4) is 0 Å². The third-order valence-corrected chi connectivity index (χ3v) is 1.47. The molecule has 0 spiro atoms. The van der Waals surface area contributed by atoms with Crippen LogP contribution < -0.4 is 0 Å². The Morgan fingerprint density at radius 2 is 2.40 bits per heavy atom. The second-order valence-electron chi connectivity index (χ2n) is 1.79. The first-order valence-corrected chi connectivity index (χ1v) is 3.04. The van der Waals surface area contributed by atoms with E-state index in [1.54, 1.807) is 12.1 Å². The maximum absolute atomic E-state index is 5.72. The van der Waals surface area contributed by atoms with Gasteiger partial charge in [0.25, 0.3) is 0 Å². The SMILES string of the molecule is Clc1cc[c]c2nonc12. The molecule has 3 nitrogen and oxygen atoms in total. The largest absolute Gasteiger partial charge is 0.243 e. The molecule has 1 aromatic heterocycles. The van der Waals surface area contributed by atoms with Crippen molar-refractivity contribution >= 4 is 22.6 Å². The van der Waals surface area contributed by atoms with E-state index >= 15 is 0 Å². The topological polar surface area (TPSA) is 38.9 Å². The van der Waals surface area contributed by atoms with Gasteiger partial charge in [0.1, 0.15) is 5.52 Å². The van der Waals surface area contributed by atoms with Crippen LogP contribution in [0, 0.1) is 6.07 Å². The number of fused-ring (bicyclic) bond motifs is 1. The van der Waals surface area contributed by atoms with Gasteiger partial charge >= 0.3 is 0 Å². The lowest BCUT2D eigenvalue weighted by atomic mass is 10.3. The molecule has 0 saturated heterocycles. The molecule has 0 saturated carbocycles. The van der Waals surface area contributed by atoms with Crippen LogP contribution in [-0.4, -0.2) is 10.3 Å². The minimum atomic E-state index is 0.537. The van der Waals surface area contributed by atoms with Crippen LogP contribution in [0.5, 0.6) is 0 Å². The zero-order valence-corrected chi connectivity index (χ0v) is 5.59. The van der Waals surface area contributed by atoms with Crippen molar-refractivity contribution in [3.63, 3.8) is 0 Å². The van der Waals surface area contributed by atoms with Crippen LogP contribution in [0.1, 0.15) is 0 Å². The minimum Gasteiger partial charge on any atom is -0.243 e. The fourth-order valence-corrected chi connectivity index (χ4v) is 0.900. The molecule has 1 heterocycles. The molecule has 0 fully saturated rings. The average molecular weight is 154 g/mol. The van der Waals surface area contributed by atoms with Crippen molar-refractivity contribution in [2.24, 2.45) is 0 Å². The van der Waals surface area contributed by atoms with Crippen molar-refractivity contribution in [3.8, 4) is 0 Å². The molecular weight excluding hydrogens is 152 g/mol. The van der Waals surface area contributed by atoms with Crippen LogP contribution >= 0.6 is 11.6 Å². The van der Waals surface area contributed by atoms with Crippen LogP contribution in [0.25, 0.3) is 11.0 Å². The predicted molar refractivity (Wildman–Crippen MR) is 35.7 cm³/mol. The average Bonchev–Trinajstić information content (AvgIpc) is 2.36. The van der Waals surface area contributed by atoms with Gasteiger partial charge in [0.2, 0.25) is 0 Å². The van der Waals surface area contributed by atoms with Crippen molar-refractivity contribution in [1.82, 2.24) is 10.3 Å². The highest BCUT2D eigenvalue weighted by Crippen LogP contribution is 2.18. The fraction of sp³-hybridized carbons (Fsp3) is 0. The van der Waals surface area contributed by atoms with E-state index in [1.807, 2.05) is 0 Å². The lowest BCUT2D eigenvalue weighted by molar-refractivity contribution is 0.315. The molecule has 0 bridgehead atoms. The minimum absolute atomic E-state index is 0.537.